The summed E-state index contributed by atoms with van der Waals surface area (Å²) in [7, 11) is 0. The molecule has 0 fully saturated rings. The van der Waals surface area contributed by atoms with Crippen molar-refractivity contribution in [3.8, 4) is 0 Å². The zero-order chi connectivity index (χ0) is 14.5. The molecule has 2 rings (SSSR count). The summed E-state index contributed by atoms with van der Waals surface area (Å²) in [6, 6.07) is 19.1. The molecule has 0 aliphatic heterocycles. The molecule has 1 atom stereocenters. The highest BCUT2D eigenvalue weighted by Crippen LogP contribution is 2.30. The van der Waals surface area contributed by atoms with Crippen LogP contribution in [0.2, 0.25) is 0 Å². The number of para-hydroxylation sites is 1. The van der Waals surface area contributed by atoms with Gasteiger partial charge in [-0.05, 0) is 49.6 Å². The van der Waals surface area contributed by atoms with E-state index in [1.807, 2.05) is 24.3 Å². The Kier molecular flexibility index (Phi) is 4.67. The minimum Gasteiger partial charge on any atom is -0.399 e. The molecule has 2 N–H and O–H groups in total. The van der Waals surface area contributed by atoms with Gasteiger partial charge >= 0.3 is 0 Å². The monoisotopic (exact) mass is 268 g/mol. The second-order valence-corrected chi connectivity index (χ2v) is 5.78. The number of anilines is 3. The summed E-state index contributed by atoms with van der Waals surface area (Å²) in [5.41, 5.74) is 9.13. The van der Waals surface area contributed by atoms with Gasteiger partial charge in [0.15, 0.2) is 0 Å². The van der Waals surface area contributed by atoms with Crippen LogP contribution in [-0.4, -0.2) is 6.04 Å². The summed E-state index contributed by atoms with van der Waals surface area (Å²) in [5, 5.41) is 0. The predicted molar refractivity (Wildman–Crippen MR) is 88.4 cm³/mol. The third-order valence-corrected chi connectivity index (χ3v) is 3.44. The molecular weight excluding hydrogens is 244 g/mol. The fourth-order valence-corrected chi connectivity index (χ4v) is 2.71. The maximum Gasteiger partial charge on any atom is 0.0433 e. The van der Waals surface area contributed by atoms with Crippen LogP contribution in [-0.2, 0) is 0 Å². The first kappa shape index (κ1) is 14.4. The number of benzene rings is 2. The molecule has 2 aromatic carbocycles. The SMILES string of the molecule is CC(C)CC(C)N(c1ccccc1)c1cccc(N)c1. The van der Waals surface area contributed by atoms with Crippen molar-refractivity contribution in [3.63, 3.8) is 0 Å². The summed E-state index contributed by atoms with van der Waals surface area (Å²) in [6.45, 7) is 6.80. The summed E-state index contributed by atoms with van der Waals surface area (Å²) >= 11 is 0. The Balaban J connectivity index is 2.39. The Bertz CT molecular complexity index is 534. The quantitative estimate of drug-likeness (QED) is 0.786. The molecule has 20 heavy (non-hydrogen) atoms. The Morgan fingerprint density at radius 2 is 1.55 bits per heavy atom. The molecule has 106 valence electrons. The number of nitrogen functional groups attached to an aromatic ring is 1. The van der Waals surface area contributed by atoms with Gasteiger partial charge in [-0.2, -0.15) is 0 Å². The average Bonchev–Trinajstić information content (AvgIpc) is 2.39. The molecule has 2 heteroatoms. The molecule has 1 unspecified atom stereocenters. The summed E-state index contributed by atoms with van der Waals surface area (Å²) < 4.78 is 0. The van der Waals surface area contributed by atoms with Gasteiger partial charge in [-0.15, -0.1) is 0 Å². The van der Waals surface area contributed by atoms with Crippen molar-refractivity contribution >= 4 is 17.1 Å². The average molecular weight is 268 g/mol. The molecule has 0 heterocycles. The summed E-state index contributed by atoms with van der Waals surface area (Å²) in [4.78, 5) is 2.37. The van der Waals surface area contributed by atoms with Crippen molar-refractivity contribution in [1.29, 1.82) is 0 Å². The summed E-state index contributed by atoms with van der Waals surface area (Å²) in [6.07, 6.45) is 1.14. The second-order valence-electron chi connectivity index (χ2n) is 5.78. The maximum absolute atomic E-state index is 5.95. The van der Waals surface area contributed by atoms with Crippen molar-refractivity contribution in [2.24, 2.45) is 5.92 Å². The molecule has 0 aliphatic rings. The van der Waals surface area contributed by atoms with E-state index >= 15 is 0 Å². The molecule has 0 aliphatic carbocycles. The lowest BCUT2D eigenvalue weighted by Gasteiger charge is -2.32. The molecular formula is C18H24N2. The number of hydrogen-bond donors (Lipinski definition) is 1. The van der Waals surface area contributed by atoms with E-state index in [0.29, 0.717) is 12.0 Å². The molecule has 0 saturated carbocycles. The molecule has 2 nitrogen and oxygen atoms in total. The van der Waals surface area contributed by atoms with Gasteiger partial charge in [-0.3, -0.25) is 0 Å². The topological polar surface area (TPSA) is 29.3 Å². The van der Waals surface area contributed by atoms with Crippen LogP contribution >= 0.6 is 0 Å². The third kappa shape index (κ3) is 3.53. The van der Waals surface area contributed by atoms with E-state index in [-0.39, 0.29) is 0 Å². The fourth-order valence-electron chi connectivity index (χ4n) is 2.71. The first-order valence-electron chi connectivity index (χ1n) is 7.27. The molecule has 0 saturated heterocycles. The minimum absolute atomic E-state index is 0.430. The molecule has 0 amide bonds. The predicted octanol–water partition coefficient (Wildman–Crippen LogP) is 4.84. The Morgan fingerprint density at radius 3 is 2.15 bits per heavy atom. The van der Waals surface area contributed by atoms with Crippen molar-refractivity contribution in [2.75, 3.05) is 10.6 Å². The lowest BCUT2D eigenvalue weighted by Crippen LogP contribution is -2.29. The lowest BCUT2D eigenvalue weighted by atomic mass is 10.0. The highest BCUT2D eigenvalue weighted by molar-refractivity contribution is 5.67. The van der Waals surface area contributed by atoms with E-state index < -0.39 is 0 Å². The van der Waals surface area contributed by atoms with Gasteiger partial charge in [0.1, 0.15) is 0 Å². The highest BCUT2D eigenvalue weighted by atomic mass is 15.2. The number of nitrogens with zero attached hydrogens (tertiary/aromatic N) is 1. The van der Waals surface area contributed by atoms with Crippen LogP contribution in [0.5, 0.6) is 0 Å². The van der Waals surface area contributed by atoms with Crippen LogP contribution < -0.4 is 10.6 Å². The van der Waals surface area contributed by atoms with Crippen LogP contribution in [0.25, 0.3) is 0 Å². The first-order chi connectivity index (χ1) is 9.58. The first-order valence-corrected chi connectivity index (χ1v) is 7.27. The van der Waals surface area contributed by atoms with E-state index in [4.69, 9.17) is 5.73 Å². The van der Waals surface area contributed by atoms with Crippen LogP contribution in [0.4, 0.5) is 17.1 Å². The van der Waals surface area contributed by atoms with Crippen LogP contribution in [0.15, 0.2) is 54.6 Å². The van der Waals surface area contributed by atoms with Gasteiger partial charge in [-0.25, -0.2) is 0 Å². The van der Waals surface area contributed by atoms with Crippen LogP contribution in [0.3, 0.4) is 0 Å². The largest absolute Gasteiger partial charge is 0.399 e. The second kappa shape index (κ2) is 6.47. The molecule has 0 spiro atoms. The minimum atomic E-state index is 0.430. The van der Waals surface area contributed by atoms with Crippen LogP contribution in [0, 0.1) is 5.92 Å². The van der Waals surface area contributed by atoms with Crippen molar-refractivity contribution < 1.29 is 0 Å². The van der Waals surface area contributed by atoms with Gasteiger partial charge in [-0.1, -0.05) is 38.1 Å². The van der Waals surface area contributed by atoms with E-state index in [2.05, 4.69) is 56.0 Å². The number of rotatable bonds is 5. The number of nitrogens with two attached hydrogens (primary N) is 1. The van der Waals surface area contributed by atoms with Gasteiger partial charge in [0.25, 0.3) is 0 Å². The lowest BCUT2D eigenvalue weighted by molar-refractivity contribution is 0.513. The van der Waals surface area contributed by atoms with Crippen LogP contribution in [0.1, 0.15) is 27.2 Å². The van der Waals surface area contributed by atoms with Gasteiger partial charge in [0, 0.05) is 23.1 Å². The van der Waals surface area contributed by atoms with Crippen molar-refractivity contribution in [1.82, 2.24) is 0 Å². The van der Waals surface area contributed by atoms with E-state index in [9.17, 15) is 0 Å². The molecule has 2 aromatic rings. The number of hydrogen-bond acceptors (Lipinski definition) is 2. The zero-order valence-electron chi connectivity index (χ0n) is 12.6. The van der Waals surface area contributed by atoms with Crippen molar-refractivity contribution in [2.45, 2.75) is 33.2 Å². The van der Waals surface area contributed by atoms with E-state index in [1.54, 1.807) is 0 Å². The zero-order valence-corrected chi connectivity index (χ0v) is 12.6. The Labute approximate surface area is 122 Å². The molecule has 0 radical (unpaired) electrons. The Morgan fingerprint density at radius 1 is 0.900 bits per heavy atom. The fraction of sp³-hybridized carbons (Fsp3) is 0.333. The standard InChI is InChI=1S/C18H24N2/c1-14(2)12-15(3)20(17-9-5-4-6-10-17)18-11-7-8-16(19)13-18/h4-11,13-15H,12,19H2,1-3H3. The van der Waals surface area contributed by atoms with E-state index in [0.717, 1.165) is 17.8 Å². The van der Waals surface area contributed by atoms with Gasteiger partial charge in [0.2, 0.25) is 0 Å². The molecule has 0 bridgehead atoms. The van der Waals surface area contributed by atoms with Gasteiger partial charge < -0.3 is 10.6 Å². The summed E-state index contributed by atoms with van der Waals surface area (Å²) in [5.74, 6) is 0.664. The van der Waals surface area contributed by atoms with E-state index in [1.165, 1.54) is 5.69 Å². The van der Waals surface area contributed by atoms with Crippen molar-refractivity contribution in [3.05, 3.63) is 54.6 Å². The smallest absolute Gasteiger partial charge is 0.0433 e. The Hall–Kier alpha value is -1.96. The maximum atomic E-state index is 5.95. The molecule has 0 aromatic heterocycles. The highest BCUT2D eigenvalue weighted by Gasteiger charge is 2.17. The normalized spacial score (nSPS) is 12.4. The van der Waals surface area contributed by atoms with Gasteiger partial charge in [0.05, 0.1) is 0 Å². The third-order valence-electron chi connectivity index (χ3n) is 3.44.